The number of nitrogens with one attached hydrogen (secondary N) is 1. The molecule has 1 aliphatic rings. The van der Waals surface area contributed by atoms with Gasteiger partial charge in [-0.3, -0.25) is 4.79 Å². The minimum Gasteiger partial charge on any atom is -0.481 e. The van der Waals surface area contributed by atoms with Crippen molar-refractivity contribution in [1.82, 2.24) is 0 Å². The van der Waals surface area contributed by atoms with E-state index in [9.17, 15) is 4.79 Å². The van der Waals surface area contributed by atoms with Gasteiger partial charge >= 0.3 is 0 Å². The highest BCUT2D eigenvalue weighted by Crippen LogP contribution is 2.33. The highest BCUT2D eigenvalue weighted by Gasteiger charge is 2.22. The Bertz CT molecular complexity index is 670. The van der Waals surface area contributed by atoms with Crippen molar-refractivity contribution in [3.05, 3.63) is 53.1 Å². The minimum absolute atomic E-state index is 0.0376. The first-order chi connectivity index (χ1) is 10.1. The zero-order valence-electron chi connectivity index (χ0n) is 11.6. The van der Waals surface area contributed by atoms with Crippen molar-refractivity contribution in [1.29, 1.82) is 0 Å². The number of benzene rings is 2. The molecule has 1 amide bonds. The fourth-order valence-electron chi connectivity index (χ4n) is 2.19. The smallest absolute Gasteiger partial charge is 0.264 e. The molecule has 0 radical (unpaired) electrons. The van der Waals surface area contributed by atoms with Crippen LogP contribution in [0.25, 0.3) is 0 Å². The molecule has 1 N–H and O–H groups in total. The van der Waals surface area contributed by atoms with Gasteiger partial charge in [-0.1, -0.05) is 23.7 Å². The Labute approximate surface area is 128 Å². The van der Waals surface area contributed by atoms with Crippen LogP contribution in [0.15, 0.2) is 42.5 Å². The molecule has 2 aromatic rings. The van der Waals surface area contributed by atoms with Gasteiger partial charge < -0.3 is 15.0 Å². The first-order valence-electron chi connectivity index (χ1n) is 6.65. The number of ether oxygens (including phenoxy) is 1. The number of anilines is 2. The van der Waals surface area contributed by atoms with Gasteiger partial charge in [-0.25, -0.2) is 0 Å². The van der Waals surface area contributed by atoms with Crippen molar-refractivity contribution in [3.8, 4) is 5.75 Å². The summed E-state index contributed by atoms with van der Waals surface area (Å²) in [4.78, 5) is 13.2. The van der Waals surface area contributed by atoms with Gasteiger partial charge in [0.2, 0.25) is 0 Å². The molecular formula is C16H15ClN2O2. The third kappa shape index (κ3) is 2.95. The molecule has 0 bridgehead atoms. The number of halogens is 1. The third-order valence-electron chi connectivity index (χ3n) is 3.46. The highest BCUT2D eigenvalue weighted by molar-refractivity contribution is 6.30. The summed E-state index contributed by atoms with van der Waals surface area (Å²) < 4.78 is 5.47. The van der Waals surface area contributed by atoms with E-state index in [2.05, 4.69) is 5.32 Å². The summed E-state index contributed by atoms with van der Waals surface area (Å²) in [5, 5.41) is 4.06. The van der Waals surface area contributed by atoms with E-state index in [0.717, 1.165) is 27.7 Å². The molecule has 0 unspecified atom stereocenters. The molecule has 0 saturated carbocycles. The monoisotopic (exact) mass is 302 g/mol. The topological polar surface area (TPSA) is 41.6 Å². The molecule has 108 valence electrons. The standard InChI is InChI=1S/C16H15ClN2O2/c1-19-14-7-6-13(8-15(14)21-10-16(19)20)18-9-11-2-4-12(17)5-3-11/h2-8,18H,9-10H2,1H3. The van der Waals surface area contributed by atoms with Crippen LogP contribution in [0.1, 0.15) is 5.56 Å². The van der Waals surface area contributed by atoms with Crippen LogP contribution in [-0.2, 0) is 11.3 Å². The number of fused-ring (bicyclic) bond motifs is 1. The van der Waals surface area contributed by atoms with Crippen LogP contribution in [0.5, 0.6) is 5.75 Å². The molecule has 21 heavy (non-hydrogen) atoms. The largest absolute Gasteiger partial charge is 0.481 e. The molecule has 0 saturated heterocycles. The Morgan fingerprint density at radius 1 is 1.24 bits per heavy atom. The lowest BCUT2D eigenvalue weighted by atomic mass is 10.2. The SMILES string of the molecule is CN1C(=O)COc2cc(NCc3ccc(Cl)cc3)ccc21. The van der Waals surface area contributed by atoms with Gasteiger partial charge in [-0.2, -0.15) is 0 Å². The van der Waals surface area contributed by atoms with Crippen molar-refractivity contribution in [2.75, 3.05) is 23.9 Å². The second-order valence-electron chi connectivity index (χ2n) is 4.90. The number of nitrogens with zero attached hydrogens (tertiary/aromatic N) is 1. The number of carbonyl (C=O) groups is 1. The Kier molecular flexibility index (Phi) is 3.71. The summed E-state index contributed by atoms with van der Waals surface area (Å²) in [7, 11) is 1.75. The van der Waals surface area contributed by atoms with Crippen LogP contribution in [0.3, 0.4) is 0 Å². The predicted molar refractivity (Wildman–Crippen MR) is 84.1 cm³/mol. The van der Waals surface area contributed by atoms with E-state index in [1.54, 1.807) is 11.9 Å². The molecule has 1 aliphatic heterocycles. The van der Waals surface area contributed by atoms with Gasteiger partial charge in [0.15, 0.2) is 6.61 Å². The molecule has 2 aromatic carbocycles. The van der Waals surface area contributed by atoms with Crippen LogP contribution in [0, 0.1) is 0 Å². The second-order valence-corrected chi connectivity index (χ2v) is 5.34. The van der Waals surface area contributed by atoms with E-state index in [-0.39, 0.29) is 12.5 Å². The van der Waals surface area contributed by atoms with E-state index in [1.807, 2.05) is 42.5 Å². The average molecular weight is 303 g/mol. The van der Waals surface area contributed by atoms with Crippen LogP contribution in [0.4, 0.5) is 11.4 Å². The summed E-state index contributed by atoms with van der Waals surface area (Å²) in [6.07, 6.45) is 0. The van der Waals surface area contributed by atoms with Crippen molar-refractivity contribution >= 4 is 28.9 Å². The van der Waals surface area contributed by atoms with Gasteiger partial charge in [0.05, 0.1) is 5.69 Å². The number of hydrogen-bond donors (Lipinski definition) is 1. The molecule has 0 atom stereocenters. The first-order valence-corrected chi connectivity index (χ1v) is 7.03. The zero-order valence-corrected chi connectivity index (χ0v) is 12.4. The van der Waals surface area contributed by atoms with E-state index in [4.69, 9.17) is 16.3 Å². The van der Waals surface area contributed by atoms with Gasteiger partial charge in [0.25, 0.3) is 5.91 Å². The number of amides is 1. The van der Waals surface area contributed by atoms with E-state index in [1.165, 1.54) is 0 Å². The normalized spacial score (nSPS) is 13.6. The lowest BCUT2D eigenvalue weighted by Crippen LogP contribution is -2.35. The van der Waals surface area contributed by atoms with Crippen LogP contribution >= 0.6 is 11.6 Å². The maximum atomic E-state index is 11.6. The first kappa shape index (κ1) is 13.8. The summed E-state index contributed by atoms with van der Waals surface area (Å²) in [6.45, 7) is 0.787. The van der Waals surface area contributed by atoms with Crippen LogP contribution in [0.2, 0.25) is 5.02 Å². The Hall–Kier alpha value is -2.20. The maximum absolute atomic E-state index is 11.6. The average Bonchev–Trinajstić information content (AvgIpc) is 2.50. The summed E-state index contributed by atoms with van der Waals surface area (Å²) in [6, 6.07) is 13.4. The van der Waals surface area contributed by atoms with Crippen molar-refractivity contribution < 1.29 is 9.53 Å². The molecule has 3 rings (SSSR count). The number of likely N-dealkylation sites (N-methyl/N-ethyl adjacent to an activating group) is 1. The Balaban J connectivity index is 1.72. The molecule has 4 nitrogen and oxygen atoms in total. The number of carbonyl (C=O) groups excluding carboxylic acids is 1. The van der Waals surface area contributed by atoms with Crippen LogP contribution < -0.4 is 15.0 Å². The third-order valence-corrected chi connectivity index (χ3v) is 3.71. The van der Waals surface area contributed by atoms with Crippen molar-refractivity contribution in [3.63, 3.8) is 0 Å². The van der Waals surface area contributed by atoms with Gasteiger partial charge in [0, 0.05) is 30.4 Å². The quantitative estimate of drug-likeness (QED) is 0.946. The fourth-order valence-corrected chi connectivity index (χ4v) is 2.32. The van der Waals surface area contributed by atoms with Crippen molar-refractivity contribution in [2.24, 2.45) is 0 Å². The second kappa shape index (κ2) is 5.66. The van der Waals surface area contributed by atoms with Crippen molar-refractivity contribution in [2.45, 2.75) is 6.54 Å². The molecule has 1 heterocycles. The van der Waals surface area contributed by atoms with E-state index < -0.39 is 0 Å². The maximum Gasteiger partial charge on any atom is 0.264 e. The van der Waals surface area contributed by atoms with E-state index in [0.29, 0.717) is 6.54 Å². The predicted octanol–water partition coefficient (Wildman–Crippen LogP) is 3.31. The summed E-state index contributed by atoms with van der Waals surface area (Å²) in [5.74, 6) is 0.683. The lowest BCUT2D eigenvalue weighted by Gasteiger charge is -2.26. The van der Waals surface area contributed by atoms with Gasteiger partial charge in [-0.05, 0) is 29.8 Å². The highest BCUT2D eigenvalue weighted by atomic mass is 35.5. The summed E-state index contributed by atoms with van der Waals surface area (Å²) >= 11 is 5.86. The van der Waals surface area contributed by atoms with Crippen LogP contribution in [-0.4, -0.2) is 19.6 Å². The Morgan fingerprint density at radius 2 is 2.00 bits per heavy atom. The molecule has 0 aliphatic carbocycles. The lowest BCUT2D eigenvalue weighted by molar-refractivity contribution is -0.120. The molecular weight excluding hydrogens is 288 g/mol. The molecule has 5 heteroatoms. The number of rotatable bonds is 3. The molecule has 0 aromatic heterocycles. The minimum atomic E-state index is -0.0376. The molecule has 0 fully saturated rings. The Morgan fingerprint density at radius 3 is 2.76 bits per heavy atom. The fraction of sp³-hybridized carbons (Fsp3) is 0.188. The molecule has 0 spiro atoms. The zero-order chi connectivity index (χ0) is 14.8. The van der Waals surface area contributed by atoms with Gasteiger partial charge in [0.1, 0.15) is 5.75 Å². The van der Waals surface area contributed by atoms with Gasteiger partial charge in [-0.15, -0.1) is 0 Å². The van der Waals surface area contributed by atoms with E-state index >= 15 is 0 Å². The number of hydrogen-bond acceptors (Lipinski definition) is 3. The summed E-state index contributed by atoms with van der Waals surface area (Å²) in [5.41, 5.74) is 2.89.